The van der Waals surface area contributed by atoms with E-state index < -0.39 is 0 Å². The van der Waals surface area contributed by atoms with Gasteiger partial charge in [-0.2, -0.15) is 11.8 Å². The van der Waals surface area contributed by atoms with Crippen molar-refractivity contribution >= 4 is 17.7 Å². The maximum absolute atomic E-state index is 5.87. The molecule has 0 aromatic heterocycles. The van der Waals surface area contributed by atoms with E-state index in [1.54, 1.807) is 0 Å². The van der Waals surface area contributed by atoms with Crippen LogP contribution in [0.1, 0.15) is 19.3 Å². The fourth-order valence-corrected chi connectivity index (χ4v) is 4.30. The minimum Gasteiger partial charge on any atom is -0.373 e. The summed E-state index contributed by atoms with van der Waals surface area (Å²) in [5, 5.41) is 6.96. The van der Waals surface area contributed by atoms with Crippen molar-refractivity contribution in [1.82, 2.24) is 15.5 Å². The molecule has 6 heteroatoms. The molecule has 3 saturated heterocycles. The van der Waals surface area contributed by atoms with Gasteiger partial charge in [0.15, 0.2) is 5.96 Å². The van der Waals surface area contributed by atoms with Crippen molar-refractivity contribution in [2.45, 2.75) is 37.5 Å². The van der Waals surface area contributed by atoms with E-state index in [0.29, 0.717) is 18.2 Å². The van der Waals surface area contributed by atoms with Gasteiger partial charge in [-0.25, -0.2) is 0 Å². The van der Waals surface area contributed by atoms with Crippen LogP contribution in [-0.2, 0) is 4.74 Å². The predicted molar refractivity (Wildman–Crippen MR) is 84.6 cm³/mol. The van der Waals surface area contributed by atoms with Gasteiger partial charge in [0, 0.05) is 44.7 Å². The van der Waals surface area contributed by atoms with E-state index in [9.17, 15) is 0 Å². The summed E-state index contributed by atoms with van der Waals surface area (Å²) >= 11 is 2.06. The quantitative estimate of drug-likeness (QED) is 0.585. The molecule has 3 unspecified atom stereocenters. The maximum Gasteiger partial charge on any atom is 0.191 e. The molecule has 5 nitrogen and oxygen atoms in total. The van der Waals surface area contributed by atoms with Crippen LogP contribution in [0.25, 0.3) is 0 Å². The first kappa shape index (κ1) is 14.5. The number of fused-ring (bicyclic) bond motifs is 2. The Hall–Kier alpha value is -0.460. The Morgan fingerprint density at radius 3 is 2.85 bits per heavy atom. The number of guanidine groups is 1. The highest BCUT2D eigenvalue weighted by atomic mass is 32.2. The smallest absolute Gasteiger partial charge is 0.191 e. The summed E-state index contributed by atoms with van der Waals surface area (Å²) in [7, 11) is 1.85. The molecule has 0 amide bonds. The van der Waals surface area contributed by atoms with E-state index in [-0.39, 0.29) is 0 Å². The zero-order chi connectivity index (χ0) is 13.8. The molecule has 3 heterocycles. The summed E-state index contributed by atoms with van der Waals surface area (Å²) in [6.07, 6.45) is 4.46. The van der Waals surface area contributed by atoms with Crippen LogP contribution in [0.4, 0.5) is 0 Å². The molecule has 3 atom stereocenters. The van der Waals surface area contributed by atoms with E-state index >= 15 is 0 Å². The zero-order valence-electron chi connectivity index (χ0n) is 12.3. The lowest BCUT2D eigenvalue weighted by Gasteiger charge is -2.27. The summed E-state index contributed by atoms with van der Waals surface area (Å²) in [6.45, 7) is 4.51. The van der Waals surface area contributed by atoms with Crippen molar-refractivity contribution in [3.8, 4) is 0 Å². The number of thioether (sulfide) groups is 1. The predicted octanol–water partition coefficient (Wildman–Crippen LogP) is 0.520. The monoisotopic (exact) mass is 298 g/mol. The molecular weight excluding hydrogens is 272 g/mol. The topological polar surface area (TPSA) is 48.9 Å². The maximum atomic E-state index is 5.87. The summed E-state index contributed by atoms with van der Waals surface area (Å²) in [5.74, 6) is 3.47. The van der Waals surface area contributed by atoms with Gasteiger partial charge in [-0.1, -0.05) is 0 Å². The van der Waals surface area contributed by atoms with Gasteiger partial charge >= 0.3 is 0 Å². The van der Waals surface area contributed by atoms with Gasteiger partial charge in [-0.3, -0.25) is 9.89 Å². The highest BCUT2D eigenvalue weighted by molar-refractivity contribution is 7.99. The molecule has 3 rings (SSSR count). The molecule has 2 bridgehead atoms. The highest BCUT2D eigenvalue weighted by Gasteiger charge is 2.41. The normalized spacial score (nSPS) is 34.5. The first-order chi connectivity index (χ1) is 9.85. The lowest BCUT2D eigenvalue weighted by atomic mass is 9.96. The summed E-state index contributed by atoms with van der Waals surface area (Å²) in [4.78, 5) is 6.86. The molecular formula is C14H26N4OS. The van der Waals surface area contributed by atoms with Gasteiger partial charge in [0.05, 0.1) is 18.2 Å². The number of nitrogens with one attached hydrogen (secondary N) is 2. The molecule has 0 aromatic carbocycles. The third-order valence-electron chi connectivity index (χ3n) is 4.48. The molecule has 0 aliphatic carbocycles. The molecule has 0 saturated carbocycles. The van der Waals surface area contributed by atoms with Gasteiger partial charge in [-0.15, -0.1) is 0 Å². The van der Waals surface area contributed by atoms with Crippen molar-refractivity contribution in [3.05, 3.63) is 0 Å². The molecule has 3 aliphatic heterocycles. The van der Waals surface area contributed by atoms with Gasteiger partial charge in [0.25, 0.3) is 0 Å². The Labute approximate surface area is 125 Å². The molecule has 0 radical (unpaired) electrons. The second-order valence-electron chi connectivity index (χ2n) is 5.81. The number of rotatable bonds is 4. The Morgan fingerprint density at radius 1 is 1.35 bits per heavy atom. The molecule has 0 spiro atoms. The molecule has 114 valence electrons. The second-order valence-corrected chi connectivity index (χ2v) is 7.04. The summed E-state index contributed by atoms with van der Waals surface area (Å²) in [5.41, 5.74) is 0. The fraction of sp³-hybridized carbons (Fsp3) is 0.929. The van der Waals surface area contributed by atoms with Gasteiger partial charge in [0.2, 0.25) is 0 Å². The van der Waals surface area contributed by atoms with Crippen molar-refractivity contribution in [2.75, 3.05) is 44.7 Å². The van der Waals surface area contributed by atoms with Crippen LogP contribution in [0, 0.1) is 0 Å². The van der Waals surface area contributed by atoms with E-state index in [1.165, 1.54) is 37.4 Å². The minimum absolute atomic E-state index is 0.401. The largest absolute Gasteiger partial charge is 0.373 e. The summed E-state index contributed by atoms with van der Waals surface area (Å²) < 4.78 is 5.87. The van der Waals surface area contributed by atoms with Gasteiger partial charge in [-0.05, 0) is 19.3 Å². The molecule has 3 aliphatic rings. The first-order valence-electron chi connectivity index (χ1n) is 7.78. The Morgan fingerprint density at radius 2 is 2.20 bits per heavy atom. The Balaban J connectivity index is 1.37. The number of ether oxygens (including phenoxy) is 1. The van der Waals surface area contributed by atoms with Gasteiger partial charge in [0.1, 0.15) is 0 Å². The van der Waals surface area contributed by atoms with Gasteiger partial charge < -0.3 is 15.4 Å². The van der Waals surface area contributed by atoms with E-state index in [0.717, 1.165) is 25.5 Å². The molecule has 2 N–H and O–H groups in total. The minimum atomic E-state index is 0.401. The van der Waals surface area contributed by atoms with Crippen LogP contribution in [0.15, 0.2) is 4.99 Å². The Bertz CT molecular complexity index is 346. The van der Waals surface area contributed by atoms with Crippen molar-refractivity contribution in [2.24, 2.45) is 4.99 Å². The number of hydrogen-bond acceptors (Lipinski definition) is 4. The van der Waals surface area contributed by atoms with Crippen LogP contribution in [-0.4, -0.2) is 73.8 Å². The first-order valence-corrected chi connectivity index (χ1v) is 8.93. The average Bonchev–Trinajstić information content (AvgIpc) is 3.10. The number of nitrogens with zero attached hydrogens (tertiary/aromatic N) is 2. The van der Waals surface area contributed by atoms with Crippen LogP contribution in [0.5, 0.6) is 0 Å². The SMILES string of the molecule is CN=C(NCCN1CCSCC1)NC1CC2CCC1O2. The molecule has 0 aromatic rings. The lowest BCUT2D eigenvalue weighted by Crippen LogP contribution is -2.49. The Kier molecular flexibility index (Phi) is 5.07. The average molecular weight is 298 g/mol. The van der Waals surface area contributed by atoms with Crippen LogP contribution >= 0.6 is 11.8 Å². The van der Waals surface area contributed by atoms with E-state index in [4.69, 9.17) is 4.74 Å². The van der Waals surface area contributed by atoms with Crippen molar-refractivity contribution in [3.63, 3.8) is 0 Å². The fourth-order valence-electron chi connectivity index (χ4n) is 3.32. The third kappa shape index (κ3) is 3.59. The zero-order valence-corrected chi connectivity index (χ0v) is 13.1. The van der Waals surface area contributed by atoms with Crippen LogP contribution < -0.4 is 10.6 Å². The van der Waals surface area contributed by atoms with Crippen LogP contribution in [0.3, 0.4) is 0 Å². The lowest BCUT2D eigenvalue weighted by molar-refractivity contribution is 0.0992. The van der Waals surface area contributed by atoms with Crippen molar-refractivity contribution < 1.29 is 4.74 Å². The second kappa shape index (κ2) is 7.00. The summed E-state index contributed by atoms with van der Waals surface area (Å²) in [6, 6.07) is 0.450. The number of hydrogen-bond donors (Lipinski definition) is 2. The molecule has 20 heavy (non-hydrogen) atoms. The van der Waals surface area contributed by atoms with Crippen molar-refractivity contribution in [1.29, 1.82) is 0 Å². The molecule has 3 fully saturated rings. The highest BCUT2D eigenvalue weighted by Crippen LogP contribution is 2.34. The van der Waals surface area contributed by atoms with E-state index in [2.05, 4.69) is 32.3 Å². The third-order valence-corrected chi connectivity index (χ3v) is 5.42. The van der Waals surface area contributed by atoms with Crippen LogP contribution in [0.2, 0.25) is 0 Å². The van der Waals surface area contributed by atoms with E-state index in [1.807, 2.05) is 7.05 Å². The standard InChI is InChI=1S/C14H26N4OS/c1-15-14(16-4-5-18-6-8-20-9-7-18)17-12-10-11-2-3-13(12)19-11/h11-13H,2-10H2,1H3,(H2,15,16,17). The number of aliphatic imine (C=N–C) groups is 1.